The molecule has 0 bridgehead atoms. The lowest BCUT2D eigenvalue weighted by Crippen LogP contribution is -2.52. The van der Waals surface area contributed by atoms with Crippen LogP contribution in [-0.4, -0.2) is 44.1 Å². The van der Waals surface area contributed by atoms with Gasteiger partial charge >= 0.3 is 0 Å². The Bertz CT molecular complexity index is 553. The molecule has 5 heteroatoms. The number of hydrogen-bond acceptors (Lipinski definition) is 4. The first kappa shape index (κ1) is 31.3. The van der Waals surface area contributed by atoms with Gasteiger partial charge in [0.25, 0.3) is 0 Å². The molecule has 0 aromatic heterocycles. The van der Waals surface area contributed by atoms with E-state index in [2.05, 4.69) is 40.8 Å². The Balaban J connectivity index is 1.75. The molecule has 1 aliphatic heterocycles. The van der Waals surface area contributed by atoms with Gasteiger partial charge in [0, 0.05) is 12.8 Å². The van der Waals surface area contributed by atoms with Crippen molar-refractivity contribution in [2.45, 2.75) is 186 Å². The maximum atomic E-state index is 11.3. The molecular weight excluding hydrogens is 452 g/mol. The van der Waals surface area contributed by atoms with Gasteiger partial charge in [-0.25, -0.2) is 0 Å². The van der Waals surface area contributed by atoms with Gasteiger partial charge in [0.1, 0.15) is 6.10 Å². The van der Waals surface area contributed by atoms with Crippen molar-refractivity contribution in [1.29, 1.82) is 0 Å². The zero-order chi connectivity index (χ0) is 25.8. The van der Waals surface area contributed by atoms with Crippen LogP contribution in [0.1, 0.15) is 143 Å². The number of ether oxygens (including phenoxy) is 2. The fourth-order valence-corrected chi connectivity index (χ4v) is 6.71. The fourth-order valence-electron chi connectivity index (χ4n) is 5.37. The second kappa shape index (κ2) is 15.5. The van der Waals surface area contributed by atoms with Gasteiger partial charge < -0.3 is 19.0 Å². The molecule has 1 saturated heterocycles. The Morgan fingerprint density at radius 2 is 1.37 bits per heavy atom. The van der Waals surface area contributed by atoms with E-state index in [1.54, 1.807) is 0 Å². The van der Waals surface area contributed by atoms with Crippen LogP contribution in [0.2, 0.25) is 18.1 Å². The van der Waals surface area contributed by atoms with Crippen molar-refractivity contribution < 1.29 is 19.0 Å². The zero-order valence-electron chi connectivity index (χ0n) is 24.3. The van der Waals surface area contributed by atoms with Crippen LogP contribution in [0.3, 0.4) is 0 Å². The summed E-state index contributed by atoms with van der Waals surface area (Å²) < 4.78 is 19.6. The summed E-state index contributed by atoms with van der Waals surface area (Å²) in [4.78, 5) is 0. The third-order valence-electron chi connectivity index (χ3n) is 8.83. The normalized spacial score (nSPS) is 22.5. The maximum absolute atomic E-state index is 11.3. The molecule has 1 N–H and O–H groups in total. The maximum Gasteiger partial charge on any atom is 0.192 e. The first-order valence-electron chi connectivity index (χ1n) is 15.3. The zero-order valence-corrected chi connectivity index (χ0v) is 25.3. The summed E-state index contributed by atoms with van der Waals surface area (Å²) in [5, 5.41) is 11.4. The Labute approximate surface area is 219 Å². The summed E-state index contributed by atoms with van der Waals surface area (Å²) in [5.74, 6) is -0.423. The minimum absolute atomic E-state index is 0.100. The van der Waals surface area contributed by atoms with E-state index in [-0.39, 0.29) is 17.2 Å². The van der Waals surface area contributed by atoms with Gasteiger partial charge in [-0.05, 0) is 37.4 Å². The molecule has 0 aromatic rings. The summed E-state index contributed by atoms with van der Waals surface area (Å²) in [5.41, 5.74) is 0. The molecule has 208 valence electrons. The van der Waals surface area contributed by atoms with E-state index < -0.39 is 20.2 Å². The van der Waals surface area contributed by atoms with Gasteiger partial charge in [0.15, 0.2) is 14.1 Å². The Morgan fingerprint density at radius 1 is 0.857 bits per heavy atom. The highest BCUT2D eigenvalue weighted by atomic mass is 28.4. The van der Waals surface area contributed by atoms with Crippen LogP contribution in [0, 0.1) is 0 Å². The molecule has 2 rings (SSSR count). The van der Waals surface area contributed by atoms with Crippen LogP contribution in [0.15, 0.2) is 0 Å². The molecule has 0 radical (unpaired) electrons. The predicted octanol–water partition coefficient (Wildman–Crippen LogP) is 8.90. The van der Waals surface area contributed by atoms with E-state index in [1.165, 1.54) is 89.9 Å². The van der Waals surface area contributed by atoms with Crippen LogP contribution in [0.5, 0.6) is 0 Å². The largest absolute Gasteiger partial charge is 0.409 e. The van der Waals surface area contributed by atoms with Crippen LogP contribution in [0.4, 0.5) is 0 Å². The number of aliphatic hydroxyl groups excluding tert-OH is 1. The lowest BCUT2D eigenvalue weighted by atomic mass is 9.94. The molecule has 3 atom stereocenters. The predicted molar refractivity (Wildman–Crippen MR) is 150 cm³/mol. The average Bonchev–Trinajstić information content (AvgIpc) is 3.20. The summed E-state index contributed by atoms with van der Waals surface area (Å²) in [6.45, 7) is 14.2. The molecule has 2 fully saturated rings. The summed E-state index contributed by atoms with van der Waals surface area (Å²) in [6, 6.07) is 0. The second-order valence-corrected chi connectivity index (χ2v) is 17.8. The molecule has 1 saturated carbocycles. The minimum atomic E-state index is -2.04. The van der Waals surface area contributed by atoms with Crippen LogP contribution >= 0.6 is 0 Å². The third-order valence-corrected chi connectivity index (χ3v) is 13.3. The highest BCUT2D eigenvalue weighted by molar-refractivity contribution is 6.74. The van der Waals surface area contributed by atoms with Crippen molar-refractivity contribution in [2.24, 2.45) is 0 Å². The van der Waals surface area contributed by atoms with E-state index in [0.717, 1.165) is 25.7 Å². The van der Waals surface area contributed by atoms with E-state index in [4.69, 9.17) is 13.9 Å². The number of aliphatic hydroxyl groups is 1. The van der Waals surface area contributed by atoms with Gasteiger partial charge in [0.2, 0.25) is 0 Å². The van der Waals surface area contributed by atoms with Crippen molar-refractivity contribution in [3.63, 3.8) is 0 Å². The monoisotopic (exact) mass is 512 g/mol. The number of hydrogen-bond donors (Lipinski definition) is 1. The molecule has 1 aliphatic carbocycles. The van der Waals surface area contributed by atoms with E-state index >= 15 is 0 Å². The van der Waals surface area contributed by atoms with Crippen LogP contribution in [0.25, 0.3) is 0 Å². The van der Waals surface area contributed by atoms with Crippen molar-refractivity contribution in [3.8, 4) is 0 Å². The molecule has 2 aliphatic rings. The summed E-state index contributed by atoms with van der Waals surface area (Å²) in [6.07, 6.45) is 21.4. The molecule has 35 heavy (non-hydrogen) atoms. The number of unbranched alkanes of at least 4 members (excludes halogenated alkanes) is 11. The molecule has 1 spiro atoms. The van der Waals surface area contributed by atoms with Crippen LogP contribution < -0.4 is 0 Å². The second-order valence-electron chi connectivity index (χ2n) is 13.0. The van der Waals surface area contributed by atoms with E-state index in [9.17, 15) is 5.11 Å². The highest BCUT2D eigenvalue weighted by Crippen LogP contribution is 2.42. The SMILES string of the molecule is CCCCCCCCCCCCCC[C@H](O)[C@H](O[Si](C)(C)C(C)(C)C)[C@H]1COC2(CCCCC2)O1. The Morgan fingerprint density at radius 3 is 1.89 bits per heavy atom. The Kier molecular flexibility index (Phi) is 13.8. The van der Waals surface area contributed by atoms with E-state index in [0.29, 0.717) is 6.61 Å². The first-order valence-corrected chi connectivity index (χ1v) is 18.2. The third kappa shape index (κ3) is 10.8. The first-order chi connectivity index (χ1) is 16.6. The van der Waals surface area contributed by atoms with Gasteiger partial charge in [-0.1, -0.05) is 111 Å². The molecule has 0 aromatic carbocycles. The van der Waals surface area contributed by atoms with Gasteiger partial charge in [-0.15, -0.1) is 0 Å². The molecule has 0 unspecified atom stereocenters. The van der Waals surface area contributed by atoms with Crippen molar-refractivity contribution in [1.82, 2.24) is 0 Å². The van der Waals surface area contributed by atoms with Gasteiger partial charge in [0.05, 0.1) is 18.8 Å². The van der Waals surface area contributed by atoms with Crippen molar-refractivity contribution >= 4 is 8.32 Å². The average molecular weight is 513 g/mol. The minimum Gasteiger partial charge on any atom is -0.409 e. The molecule has 1 heterocycles. The topological polar surface area (TPSA) is 47.9 Å². The lowest BCUT2D eigenvalue weighted by molar-refractivity contribution is -0.199. The van der Waals surface area contributed by atoms with Crippen LogP contribution in [-0.2, 0) is 13.9 Å². The quantitative estimate of drug-likeness (QED) is 0.156. The van der Waals surface area contributed by atoms with Crippen molar-refractivity contribution in [3.05, 3.63) is 0 Å². The Hall–Kier alpha value is 0.0569. The van der Waals surface area contributed by atoms with Crippen molar-refractivity contribution in [2.75, 3.05) is 6.61 Å². The summed E-state index contributed by atoms with van der Waals surface area (Å²) in [7, 11) is -2.04. The highest BCUT2D eigenvalue weighted by Gasteiger charge is 2.49. The molecule has 0 amide bonds. The standard InChI is InChI=1S/C30H60O4Si/c1-7-8-9-10-11-12-13-14-15-16-17-19-22-26(31)28(34-35(5,6)29(2,3)4)27-25-32-30(33-27)23-20-18-21-24-30/h26-28,31H,7-25H2,1-6H3/t26-,27+,28-/m0/s1. The number of rotatable bonds is 17. The molecule has 4 nitrogen and oxygen atoms in total. The van der Waals surface area contributed by atoms with E-state index in [1.807, 2.05) is 0 Å². The van der Waals surface area contributed by atoms with Gasteiger partial charge in [-0.2, -0.15) is 0 Å². The fraction of sp³-hybridized carbons (Fsp3) is 1.00. The smallest absolute Gasteiger partial charge is 0.192 e. The summed E-state index contributed by atoms with van der Waals surface area (Å²) >= 11 is 0. The molecular formula is C30H60O4Si. The lowest BCUT2D eigenvalue weighted by Gasteiger charge is -2.42. The van der Waals surface area contributed by atoms with Gasteiger partial charge in [-0.3, -0.25) is 0 Å².